The molecule has 0 radical (unpaired) electrons. The summed E-state index contributed by atoms with van der Waals surface area (Å²) in [6.07, 6.45) is 13.0. The van der Waals surface area contributed by atoms with Gasteiger partial charge in [-0.1, -0.05) is 33.1 Å². The Hall–Kier alpha value is 0.0683. The molecule has 37 heavy (non-hydrogen) atoms. The van der Waals surface area contributed by atoms with Gasteiger partial charge in [0.1, 0.15) is 5.60 Å². The maximum atomic E-state index is 11.0. The molecule has 0 aromatic heterocycles. The van der Waals surface area contributed by atoms with Crippen molar-refractivity contribution in [2.24, 2.45) is 5.73 Å². The number of hydrogen-bond donors (Lipinski definition) is 5. The van der Waals surface area contributed by atoms with Crippen molar-refractivity contribution in [2.45, 2.75) is 121 Å². The second kappa shape index (κ2) is 23.9. The Labute approximate surface area is 238 Å². The average molecular weight is 739 g/mol. The Kier molecular flexibility index (Phi) is 28.5. The molecule has 1 saturated carbocycles. The molecule has 1 aliphatic carbocycles. The minimum absolute atomic E-state index is 0. The van der Waals surface area contributed by atoms with E-state index in [1.54, 1.807) is 0 Å². The van der Waals surface area contributed by atoms with Crippen molar-refractivity contribution in [3.05, 3.63) is 0 Å². The number of rotatable bonds is 14. The number of aliphatic hydroxyl groups excluding tert-OH is 1. The number of carbonyl (C=O) groups is 1. The van der Waals surface area contributed by atoms with Crippen LogP contribution in [0.25, 0.3) is 0 Å². The van der Waals surface area contributed by atoms with E-state index in [4.69, 9.17) is 30.1 Å². The Morgan fingerprint density at radius 3 is 1.73 bits per heavy atom. The van der Waals surface area contributed by atoms with Gasteiger partial charge in [-0.2, -0.15) is 0 Å². The van der Waals surface area contributed by atoms with E-state index >= 15 is 0 Å². The molecule has 1 unspecified atom stereocenters. The van der Waals surface area contributed by atoms with Crippen LogP contribution in [0, 0.1) is 0 Å². The fourth-order valence-corrected chi connectivity index (χ4v) is 4.06. The zero-order valence-corrected chi connectivity index (χ0v) is 26.5. The molecule has 0 saturated heterocycles. The number of nitrogens with zero attached hydrogens (tertiary/aromatic N) is 1. The molecule has 0 spiro atoms. The van der Waals surface area contributed by atoms with Crippen molar-refractivity contribution in [2.75, 3.05) is 27.2 Å². The smallest absolute Gasteiger partial charge is 0.790 e. The number of nitrogens with two attached hydrogens (primary N) is 1. The van der Waals surface area contributed by atoms with Crippen molar-refractivity contribution < 1.29 is 64.9 Å². The van der Waals surface area contributed by atoms with Gasteiger partial charge in [-0.15, -0.1) is 0 Å². The molecule has 11 nitrogen and oxygen atoms in total. The van der Waals surface area contributed by atoms with E-state index in [1.165, 1.54) is 32.2 Å². The van der Waals surface area contributed by atoms with Crippen LogP contribution >= 0.6 is 7.82 Å². The van der Waals surface area contributed by atoms with Gasteiger partial charge in [-0.3, -0.25) is 0 Å². The number of quaternary nitrogens is 1. The number of hydrogen-bond acceptors (Lipinski definition) is 9. The third-order valence-electron chi connectivity index (χ3n) is 6.26. The number of carbonyl (C=O) groups excluding carboxylic acids is 1. The first-order valence-corrected chi connectivity index (χ1v) is 14.5. The largest absolute Gasteiger partial charge is 2.00 e. The molecule has 0 aromatic carbocycles. The fourth-order valence-electron chi connectivity index (χ4n) is 4.06. The molecule has 0 aromatic rings. The van der Waals surface area contributed by atoms with E-state index in [9.17, 15) is 15.0 Å². The maximum absolute atomic E-state index is 11.0. The summed E-state index contributed by atoms with van der Waals surface area (Å²) < 4.78 is 9.69. The van der Waals surface area contributed by atoms with E-state index in [0.717, 1.165) is 56.0 Å². The van der Waals surface area contributed by atoms with E-state index < -0.39 is 19.4 Å². The summed E-state index contributed by atoms with van der Waals surface area (Å²) in [6, 6.07) is 0.360. The SMILES string of the molecule is CCCCCC[N+](C)(C)CCCCCC(O)(CCC)C(=O)[O-].N.NC1CCC(O)CC1.O=P([O-])([O-])O.[Pt+2]. The van der Waals surface area contributed by atoms with Gasteiger partial charge in [0.25, 0.3) is 0 Å². The number of aliphatic carboxylic acids is 1. The summed E-state index contributed by atoms with van der Waals surface area (Å²) in [4.78, 5) is 35.3. The molecule has 1 aliphatic rings. The fraction of sp³-hybridized carbons (Fsp3) is 0.958. The monoisotopic (exact) mass is 738 g/mol. The molecule has 0 heterocycles. The first kappa shape index (κ1) is 44.1. The summed E-state index contributed by atoms with van der Waals surface area (Å²) in [6.45, 7) is 6.43. The predicted octanol–water partition coefficient (Wildman–Crippen LogP) is 0.700. The third-order valence-corrected chi connectivity index (χ3v) is 6.26. The van der Waals surface area contributed by atoms with Crippen molar-refractivity contribution in [1.82, 2.24) is 6.15 Å². The molecule has 0 bridgehead atoms. The predicted molar refractivity (Wildman–Crippen MR) is 137 cm³/mol. The van der Waals surface area contributed by atoms with Gasteiger partial charge in [-0.05, 0) is 70.6 Å². The number of phosphoric acid groups is 1. The van der Waals surface area contributed by atoms with Crippen molar-refractivity contribution >= 4 is 13.8 Å². The summed E-state index contributed by atoms with van der Waals surface area (Å²) in [7, 11) is -0.610. The number of carboxylic acid groups (broad SMARTS) is 1. The average Bonchev–Trinajstić information content (AvgIpc) is 2.72. The van der Waals surface area contributed by atoms with Crippen LogP contribution in [-0.4, -0.2) is 70.5 Å². The van der Waals surface area contributed by atoms with Gasteiger partial charge in [0, 0.05) is 6.04 Å². The van der Waals surface area contributed by atoms with Crippen LogP contribution in [0.2, 0.25) is 0 Å². The summed E-state index contributed by atoms with van der Waals surface area (Å²) >= 11 is 0. The number of carboxylic acids is 1. The maximum Gasteiger partial charge on any atom is 2.00 e. The molecular weight excluding hydrogens is 684 g/mol. The first-order valence-electron chi connectivity index (χ1n) is 13.0. The van der Waals surface area contributed by atoms with Crippen LogP contribution in [0.3, 0.4) is 0 Å². The third kappa shape index (κ3) is 30.5. The standard InChI is InChI=1S/C18H37NO3.C6H13NO.H3N.H3O4P.Pt/c1-5-7-8-11-15-19(3,4)16-12-9-10-14-18(22,13-6-2)17(20)21;7-5-1-3-6(8)4-2-5;;1-5(2,3)4;/h22H,5-16H2,1-4H3;5-6,8H,1-4,7H2;1H3;(H3,1,2,3,4);/q;;;;+2/p-2. The Bertz CT molecular complexity index is 572. The van der Waals surface area contributed by atoms with Crippen molar-refractivity contribution in [1.29, 1.82) is 0 Å². The minimum atomic E-state index is -5.14. The Morgan fingerprint density at radius 2 is 1.38 bits per heavy atom. The summed E-state index contributed by atoms with van der Waals surface area (Å²) in [5, 5.41) is 30.1. The Morgan fingerprint density at radius 1 is 0.946 bits per heavy atom. The zero-order chi connectivity index (χ0) is 27.5. The van der Waals surface area contributed by atoms with Crippen molar-refractivity contribution in [3.63, 3.8) is 0 Å². The van der Waals surface area contributed by atoms with Gasteiger partial charge < -0.3 is 55.7 Å². The van der Waals surface area contributed by atoms with Gasteiger partial charge in [-0.25, -0.2) is 0 Å². The molecule has 8 N–H and O–H groups in total. The molecule has 0 amide bonds. The molecule has 1 fully saturated rings. The minimum Gasteiger partial charge on any atom is -0.790 e. The van der Waals surface area contributed by atoms with Crippen LogP contribution < -0.4 is 26.8 Å². The quantitative estimate of drug-likeness (QED) is 0.0953. The van der Waals surface area contributed by atoms with Crippen LogP contribution in [0.1, 0.15) is 104 Å². The van der Waals surface area contributed by atoms with Crippen LogP contribution in [-0.2, 0) is 30.4 Å². The van der Waals surface area contributed by atoms with E-state index in [1.807, 2.05) is 6.92 Å². The molecule has 13 heteroatoms. The van der Waals surface area contributed by atoms with E-state index in [-0.39, 0.29) is 39.7 Å². The number of unbranched alkanes of at least 4 members (excludes halogenated alkanes) is 5. The van der Waals surface area contributed by atoms with Gasteiger partial charge in [0.2, 0.25) is 0 Å². The Balaban J connectivity index is -0.000000297. The molecule has 1 rings (SSSR count). The second-order valence-electron chi connectivity index (χ2n) is 10.4. The van der Waals surface area contributed by atoms with Gasteiger partial charge >= 0.3 is 21.1 Å². The summed E-state index contributed by atoms with van der Waals surface area (Å²) in [5.41, 5.74) is 3.96. The van der Waals surface area contributed by atoms with Crippen LogP contribution in [0.15, 0.2) is 0 Å². The number of aliphatic hydroxyl groups is 2. The van der Waals surface area contributed by atoms with E-state index in [0.29, 0.717) is 18.9 Å². The molecule has 0 aliphatic heterocycles. The van der Waals surface area contributed by atoms with E-state index in [2.05, 4.69) is 21.0 Å². The molecule has 1 atom stereocenters. The first-order chi connectivity index (χ1) is 16.1. The normalized spacial score (nSPS) is 19.0. The topological polar surface area (TPSA) is 225 Å². The van der Waals surface area contributed by atoms with Crippen LogP contribution in [0.5, 0.6) is 0 Å². The second-order valence-corrected chi connectivity index (χ2v) is 11.3. The zero-order valence-electron chi connectivity index (χ0n) is 23.3. The van der Waals surface area contributed by atoms with Crippen LogP contribution in [0.4, 0.5) is 0 Å². The van der Waals surface area contributed by atoms with Crippen molar-refractivity contribution in [3.8, 4) is 0 Å². The van der Waals surface area contributed by atoms with Gasteiger partial charge in [0.15, 0.2) is 0 Å². The molecular formula is C24H54N3O8PPt. The van der Waals surface area contributed by atoms with Gasteiger partial charge in [0.05, 0.1) is 47.1 Å². The summed E-state index contributed by atoms with van der Waals surface area (Å²) in [5.74, 6) is -1.32. The molecule has 228 valence electrons.